The van der Waals surface area contributed by atoms with Crippen LogP contribution in [0, 0.1) is 0 Å². The third-order valence-electron chi connectivity index (χ3n) is 2.95. The predicted molar refractivity (Wildman–Crippen MR) is 85.2 cm³/mol. The lowest BCUT2D eigenvalue weighted by Crippen LogP contribution is -2.15. The number of para-hydroxylation sites is 1. The highest BCUT2D eigenvalue weighted by atomic mass is 32.2. The molecule has 114 valence electrons. The summed E-state index contributed by atoms with van der Waals surface area (Å²) in [5.74, 6) is 0.0350. The van der Waals surface area contributed by atoms with Crippen molar-refractivity contribution in [1.29, 1.82) is 0 Å². The molecule has 0 bridgehead atoms. The van der Waals surface area contributed by atoms with Crippen LogP contribution in [0.3, 0.4) is 0 Å². The minimum atomic E-state index is -2.97. The molecule has 0 saturated carbocycles. The Balaban J connectivity index is 1.90. The number of nitrogens with zero attached hydrogens (tertiary/aromatic N) is 1. The van der Waals surface area contributed by atoms with Crippen LogP contribution in [-0.2, 0) is 14.6 Å². The maximum absolute atomic E-state index is 11.0. The molecular formula is C14H19N3O3S. The molecule has 2 rings (SSSR count). The van der Waals surface area contributed by atoms with Gasteiger partial charge in [0.05, 0.1) is 42.1 Å². The summed E-state index contributed by atoms with van der Waals surface area (Å²) in [6.45, 7) is 1.15. The fraction of sp³-hybridized carbons (Fsp3) is 0.357. The van der Waals surface area contributed by atoms with E-state index < -0.39 is 9.84 Å². The van der Waals surface area contributed by atoms with Crippen molar-refractivity contribution in [3.05, 3.63) is 30.5 Å². The molecule has 1 aromatic carbocycles. The minimum absolute atomic E-state index is 0.0350. The molecule has 7 heteroatoms. The summed E-state index contributed by atoms with van der Waals surface area (Å²) < 4.78 is 27.2. The number of nitrogens with one attached hydrogen (secondary N) is 1. The first-order chi connectivity index (χ1) is 9.97. The van der Waals surface area contributed by atoms with E-state index in [9.17, 15) is 8.42 Å². The summed E-state index contributed by atoms with van der Waals surface area (Å²) in [7, 11) is -2.97. The maximum Gasteiger partial charge on any atom is 0.149 e. The van der Waals surface area contributed by atoms with Gasteiger partial charge in [0.25, 0.3) is 0 Å². The van der Waals surface area contributed by atoms with E-state index in [1.807, 2.05) is 24.3 Å². The summed E-state index contributed by atoms with van der Waals surface area (Å²) in [5, 5.41) is 4.17. The van der Waals surface area contributed by atoms with E-state index in [2.05, 4.69) is 10.3 Å². The van der Waals surface area contributed by atoms with Gasteiger partial charge in [0, 0.05) is 18.2 Å². The van der Waals surface area contributed by atoms with Crippen molar-refractivity contribution in [1.82, 2.24) is 4.98 Å². The third kappa shape index (κ3) is 4.57. The Hall–Kier alpha value is -1.86. The molecule has 1 heterocycles. The first kappa shape index (κ1) is 15.5. The highest BCUT2D eigenvalue weighted by Gasteiger charge is 2.06. The molecule has 0 amide bonds. The van der Waals surface area contributed by atoms with Gasteiger partial charge in [-0.1, -0.05) is 18.2 Å². The zero-order chi connectivity index (χ0) is 15.3. The van der Waals surface area contributed by atoms with Crippen LogP contribution < -0.4 is 11.1 Å². The summed E-state index contributed by atoms with van der Waals surface area (Å²) in [6.07, 6.45) is 2.81. The molecule has 6 nitrogen and oxygen atoms in total. The van der Waals surface area contributed by atoms with Crippen molar-refractivity contribution in [3.63, 3.8) is 0 Å². The van der Waals surface area contributed by atoms with Crippen LogP contribution in [0.25, 0.3) is 10.9 Å². The average Bonchev–Trinajstić information content (AvgIpc) is 2.43. The summed E-state index contributed by atoms with van der Waals surface area (Å²) >= 11 is 0. The molecule has 0 unspecified atom stereocenters. The van der Waals surface area contributed by atoms with Crippen molar-refractivity contribution < 1.29 is 13.2 Å². The normalized spacial score (nSPS) is 11.7. The van der Waals surface area contributed by atoms with Crippen LogP contribution >= 0.6 is 0 Å². The van der Waals surface area contributed by atoms with Crippen molar-refractivity contribution in [3.8, 4) is 0 Å². The Morgan fingerprint density at radius 2 is 2.05 bits per heavy atom. The number of hydrogen-bond acceptors (Lipinski definition) is 6. The van der Waals surface area contributed by atoms with Crippen molar-refractivity contribution in [2.45, 2.75) is 0 Å². The number of rotatable bonds is 7. The molecule has 0 spiro atoms. The van der Waals surface area contributed by atoms with Crippen LogP contribution in [0.1, 0.15) is 0 Å². The van der Waals surface area contributed by atoms with Gasteiger partial charge in [-0.25, -0.2) is 8.42 Å². The largest absolute Gasteiger partial charge is 0.396 e. The number of pyridine rings is 1. The van der Waals surface area contributed by atoms with Gasteiger partial charge < -0.3 is 15.8 Å². The molecule has 3 N–H and O–H groups in total. The van der Waals surface area contributed by atoms with Crippen molar-refractivity contribution >= 4 is 32.1 Å². The molecule has 0 saturated heterocycles. The third-order valence-corrected chi connectivity index (χ3v) is 3.86. The maximum atomic E-state index is 11.0. The number of benzene rings is 1. The summed E-state index contributed by atoms with van der Waals surface area (Å²) in [5.41, 5.74) is 8.21. The van der Waals surface area contributed by atoms with E-state index in [1.54, 1.807) is 6.20 Å². The molecule has 0 aliphatic heterocycles. The van der Waals surface area contributed by atoms with E-state index in [1.165, 1.54) is 6.26 Å². The van der Waals surface area contributed by atoms with Crippen LogP contribution in [0.15, 0.2) is 30.5 Å². The average molecular weight is 309 g/mol. The van der Waals surface area contributed by atoms with E-state index in [0.29, 0.717) is 18.8 Å². The topological polar surface area (TPSA) is 94.3 Å². The van der Waals surface area contributed by atoms with Gasteiger partial charge in [-0.05, 0) is 6.07 Å². The molecule has 1 aromatic heterocycles. The monoisotopic (exact) mass is 309 g/mol. The van der Waals surface area contributed by atoms with E-state index in [0.717, 1.165) is 16.6 Å². The van der Waals surface area contributed by atoms with Gasteiger partial charge in [0.2, 0.25) is 0 Å². The van der Waals surface area contributed by atoms with Crippen LogP contribution in [0.5, 0.6) is 0 Å². The molecule has 0 radical (unpaired) electrons. The summed E-state index contributed by atoms with van der Waals surface area (Å²) in [6, 6.07) is 7.72. The molecule has 0 aliphatic carbocycles. The number of anilines is 2. The number of sulfone groups is 1. The Kier molecular flexibility index (Phi) is 4.98. The van der Waals surface area contributed by atoms with Crippen LogP contribution in [0.2, 0.25) is 0 Å². The van der Waals surface area contributed by atoms with E-state index >= 15 is 0 Å². The lowest BCUT2D eigenvalue weighted by molar-refractivity contribution is 0.159. The second kappa shape index (κ2) is 6.73. The van der Waals surface area contributed by atoms with Gasteiger partial charge in [-0.15, -0.1) is 0 Å². The molecule has 2 aromatic rings. The quantitative estimate of drug-likeness (QED) is 0.748. The number of aromatic nitrogens is 1. The number of hydrogen-bond donors (Lipinski definition) is 2. The van der Waals surface area contributed by atoms with Gasteiger partial charge >= 0.3 is 0 Å². The molecule has 0 atom stereocenters. The Bertz CT molecular complexity index is 716. The first-order valence-corrected chi connectivity index (χ1v) is 8.66. The minimum Gasteiger partial charge on any atom is -0.396 e. The second-order valence-electron chi connectivity index (χ2n) is 4.77. The number of nitrogen functional groups attached to an aromatic ring is 1. The SMILES string of the molecule is CS(=O)(=O)CCOCCNc1c(N)cnc2ccccc12. The molecule has 0 aliphatic rings. The second-order valence-corrected chi connectivity index (χ2v) is 7.03. The standard InChI is InChI=1S/C14H19N3O3S/c1-21(18,19)9-8-20-7-6-16-14-11-4-2-3-5-13(11)17-10-12(14)15/h2-5,10H,6-9,15H2,1H3,(H,16,17). The number of ether oxygens (including phenoxy) is 1. The smallest absolute Gasteiger partial charge is 0.149 e. The van der Waals surface area contributed by atoms with Crippen molar-refractivity contribution in [2.24, 2.45) is 0 Å². The fourth-order valence-electron chi connectivity index (χ4n) is 1.91. The van der Waals surface area contributed by atoms with Gasteiger partial charge in [0.15, 0.2) is 0 Å². The predicted octanol–water partition coefficient (Wildman–Crippen LogP) is 1.29. The van der Waals surface area contributed by atoms with E-state index in [-0.39, 0.29) is 12.4 Å². The van der Waals surface area contributed by atoms with Crippen LogP contribution in [-0.4, -0.2) is 45.2 Å². The first-order valence-electron chi connectivity index (χ1n) is 6.60. The van der Waals surface area contributed by atoms with Gasteiger partial charge in [0.1, 0.15) is 9.84 Å². The highest BCUT2D eigenvalue weighted by molar-refractivity contribution is 7.90. The Morgan fingerprint density at radius 3 is 2.81 bits per heavy atom. The van der Waals surface area contributed by atoms with Crippen molar-refractivity contribution in [2.75, 3.05) is 42.8 Å². The molecular weight excluding hydrogens is 290 g/mol. The Labute approximate surface area is 124 Å². The number of fused-ring (bicyclic) bond motifs is 1. The lowest BCUT2D eigenvalue weighted by Gasteiger charge is -2.12. The van der Waals surface area contributed by atoms with Gasteiger partial charge in [-0.2, -0.15) is 0 Å². The van der Waals surface area contributed by atoms with Crippen LogP contribution in [0.4, 0.5) is 11.4 Å². The fourth-order valence-corrected chi connectivity index (χ4v) is 2.34. The summed E-state index contributed by atoms with van der Waals surface area (Å²) in [4.78, 5) is 4.26. The zero-order valence-electron chi connectivity index (χ0n) is 11.9. The Morgan fingerprint density at radius 1 is 1.29 bits per heavy atom. The number of nitrogens with two attached hydrogens (primary N) is 1. The zero-order valence-corrected chi connectivity index (χ0v) is 12.7. The highest BCUT2D eigenvalue weighted by Crippen LogP contribution is 2.27. The lowest BCUT2D eigenvalue weighted by atomic mass is 10.1. The van der Waals surface area contributed by atoms with Gasteiger partial charge in [-0.3, -0.25) is 4.98 Å². The molecule has 21 heavy (non-hydrogen) atoms. The molecule has 0 fully saturated rings. The van der Waals surface area contributed by atoms with E-state index in [4.69, 9.17) is 10.5 Å².